The van der Waals surface area contributed by atoms with Crippen LogP contribution in [0.4, 0.5) is 5.69 Å². The van der Waals surface area contributed by atoms with Crippen molar-refractivity contribution in [3.8, 4) is 5.75 Å². The molecule has 0 atom stereocenters. The van der Waals surface area contributed by atoms with E-state index in [4.69, 9.17) is 21.1 Å². The summed E-state index contributed by atoms with van der Waals surface area (Å²) in [4.78, 5) is 20.0. The molecule has 4 rings (SSSR count). The molecule has 2 heterocycles. The number of carbonyl (C=O) groups excluding carboxylic acids is 1. The summed E-state index contributed by atoms with van der Waals surface area (Å²) in [5.74, 6) is 0.497. The first-order valence-corrected chi connectivity index (χ1v) is 12.5. The number of anilines is 1. The molecule has 12 heteroatoms. The zero-order valence-electron chi connectivity index (χ0n) is 17.1. The molecule has 2 N–H and O–H groups in total. The molecule has 1 aliphatic rings. The molecule has 1 amide bonds. The van der Waals surface area contributed by atoms with Crippen molar-refractivity contribution >= 4 is 56.0 Å². The molecule has 170 valence electrons. The minimum absolute atomic E-state index is 0.0437. The van der Waals surface area contributed by atoms with E-state index in [1.165, 1.54) is 28.2 Å². The Kier molecular flexibility index (Phi) is 6.91. The van der Waals surface area contributed by atoms with Crippen LogP contribution in [-0.4, -0.2) is 67.8 Å². The van der Waals surface area contributed by atoms with Gasteiger partial charge in [-0.15, -0.1) is 0 Å². The monoisotopic (exact) mass is 496 g/mol. The van der Waals surface area contributed by atoms with Crippen molar-refractivity contribution in [2.75, 3.05) is 44.5 Å². The maximum absolute atomic E-state index is 12.9. The highest BCUT2D eigenvalue weighted by atomic mass is 35.5. The Morgan fingerprint density at radius 2 is 2.06 bits per heavy atom. The fraction of sp³-hybridized carbons (Fsp3) is 0.300. The van der Waals surface area contributed by atoms with E-state index >= 15 is 0 Å². The maximum atomic E-state index is 12.9. The maximum Gasteiger partial charge on any atom is 0.244 e. The van der Waals surface area contributed by atoms with E-state index in [0.717, 1.165) is 11.0 Å². The number of halogens is 1. The lowest BCUT2D eigenvalue weighted by atomic mass is 10.3. The minimum Gasteiger partial charge on any atom is -0.497 e. The highest BCUT2D eigenvalue weighted by molar-refractivity contribution is 7.99. The number of ether oxygens (including phenoxy) is 2. The van der Waals surface area contributed by atoms with E-state index in [0.29, 0.717) is 29.8 Å². The SMILES string of the molecule is COc1ccc2nc(SCC(=O)Nc3ccc(Cl)c(S(=O)(=O)N4CCOCC4)c3)[nH]c2c1. The van der Waals surface area contributed by atoms with E-state index in [2.05, 4.69) is 15.3 Å². The van der Waals surface area contributed by atoms with Gasteiger partial charge in [0, 0.05) is 24.8 Å². The Morgan fingerprint density at radius 3 is 2.81 bits per heavy atom. The molecule has 3 aromatic rings. The third-order valence-corrected chi connectivity index (χ3v) is 8.06. The first kappa shape index (κ1) is 22.9. The number of hydrogen-bond acceptors (Lipinski definition) is 7. The summed E-state index contributed by atoms with van der Waals surface area (Å²) in [6.07, 6.45) is 0. The molecule has 0 unspecified atom stereocenters. The molecule has 2 aromatic carbocycles. The van der Waals surface area contributed by atoms with Crippen LogP contribution in [0.1, 0.15) is 0 Å². The van der Waals surface area contributed by atoms with Gasteiger partial charge in [-0.05, 0) is 30.3 Å². The van der Waals surface area contributed by atoms with Gasteiger partial charge in [0.25, 0.3) is 0 Å². The van der Waals surface area contributed by atoms with Gasteiger partial charge in [0.1, 0.15) is 10.6 Å². The molecular weight excluding hydrogens is 476 g/mol. The van der Waals surface area contributed by atoms with Crippen LogP contribution in [0.25, 0.3) is 11.0 Å². The van der Waals surface area contributed by atoms with Crippen molar-refractivity contribution in [2.24, 2.45) is 0 Å². The average molecular weight is 497 g/mol. The molecular formula is C20H21ClN4O5S2. The van der Waals surface area contributed by atoms with Crippen LogP contribution in [0.5, 0.6) is 5.75 Å². The standard InChI is InChI=1S/C20H21ClN4O5S2/c1-29-14-3-5-16-17(11-14)24-20(23-16)31-12-19(26)22-13-2-4-15(21)18(10-13)32(27,28)25-6-8-30-9-7-25/h2-5,10-11H,6-9,12H2,1H3,(H,22,26)(H,23,24). The summed E-state index contributed by atoms with van der Waals surface area (Å²) in [6, 6.07) is 9.88. The number of nitrogens with zero attached hydrogens (tertiary/aromatic N) is 2. The first-order valence-electron chi connectivity index (χ1n) is 9.70. The third kappa shape index (κ3) is 5.02. The van der Waals surface area contributed by atoms with Crippen LogP contribution >= 0.6 is 23.4 Å². The molecule has 9 nitrogen and oxygen atoms in total. The number of methoxy groups -OCH3 is 1. The van der Waals surface area contributed by atoms with Crippen LogP contribution in [0.15, 0.2) is 46.5 Å². The van der Waals surface area contributed by atoms with E-state index in [1.54, 1.807) is 13.2 Å². The van der Waals surface area contributed by atoms with Crippen LogP contribution in [-0.2, 0) is 19.6 Å². The van der Waals surface area contributed by atoms with Gasteiger partial charge in [-0.1, -0.05) is 23.4 Å². The van der Waals surface area contributed by atoms with Crippen LogP contribution in [0, 0.1) is 0 Å². The number of imidazole rings is 1. The van der Waals surface area contributed by atoms with Crippen molar-refractivity contribution in [2.45, 2.75) is 10.1 Å². The summed E-state index contributed by atoms with van der Waals surface area (Å²) in [6.45, 7) is 1.18. The lowest BCUT2D eigenvalue weighted by Gasteiger charge is -2.26. The van der Waals surface area contributed by atoms with Gasteiger partial charge in [-0.3, -0.25) is 4.79 Å². The minimum atomic E-state index is -3.79. The average Bonchev–Trinajstić information content (AvgIpc) is 3.21. The predicted octanol–water partition coefficient (Wildman–Crippen LogP) is 2.98. The predicted molar refractivity (Wildman–Crippen MR) is 123 cm³/mol. The highest BCUT2D eigenvalue weighted by Gasteiger charge is 2.28. The normalized spacial score (nSPS) is 15.1. The zero-order chi connectivity index (χ0) is 22.7. The fourth-order valence-corrected chi connectivity index (χ4v) is 5.79. The van der Waals surface area contributed by atoms with Gasteiger partial charge in [-0.2, -0.15) is 4.31 Å². The fourth-order valence-electron chi connectivity index (χ4n) is 3.20. The van der Waals surface area contributed by atoms with E-state index in [-0.39, 0.29) is 34.7 Å². The number of morpholine rings is 1. The number of H-pyrrole nitrogens is 1. The van der Waals surface area contributed by atoms with Gasteiger partial charge in [0.15, 0.2) is 5.16 Å². The number of hydrogen-bond donors (Lipinski definition) is 2. The molecule has 1 fully saturated rings. The highest BCUT2D eigenvalue weighted by Crippen LogP contribution is 2.29. The summed E-state index contributed by atoms with van der Waals surface area (Å²) in [5, 5.41) is 3.41. The Morgan fingerprint density at radius 1 is 1.28 bits per heavy atom. The van der Waals surface area contributed by atoms with Gasteiger partial charge >= 0.3 is 0 Å². The van der Waals surface area contributed by atoms with Gasteiger partial charge in [0.05, 0.1) is 42.1 Å². The second-order valence-electron chi connectivity index (χ2n) is 6.92. The van der Waals surface area contributed by atoms with Crippen LogP contribution in [0.2, 0.25) is 5.02 Å². The number of aromatic amines is 1. The largest absolute Gasteiger partial charge is 0.497 e. The number of benzene rings is 2. The molecule has 0 aliphatic carbocycles. The Bertz CT molecular complexity index is 1240. The number of thioether (sulfide) groups is 1. The topological polar surface area (TPSA) is 114 Å². The van der Waals surface area contributed by atoms with Gasteiger partial charge in [0.2, 0.25) is 15.9 Å². The Labute approximate surface area is 194 Å². The summed E-state index contributed by atoms with van der Waals surface area (Å²) < 4.78 is 37.6. The van der Waals surface area contributed by atoms with Crippen molar-refractivity contribution in [3.63, 3.8) is 0 Å². The first-order chi connectivity index (χ1) is 15.4. The van der Waals surface area contributed by atoms with Crippen LogP contribution in [0.3, 0.4) is 0 Å². The van der Waals surface area contributed by atoms with Crippen molar-refractivity contribution in [1.29, 1.82) is 0 Å². The summed E-state index contributed by atoms with van der Waals surface area (Å²) in [5.41, 5.74) is 1.92. The van der Waals surface area contributed by atoms with Crippen molar-refractivity contribution in [3.05, 3.63) is 41.4 Å². The number of carbonyl (C=O) groups is 1. The lowest BCUT2D eigenvalue weighted by Crippen LogP contribution is -2.40. The molecule has 1 aromatic heterocycles. The van der Waals surface area contributed by atoms with E-state index in [9.17, 15) is 13.2 Å². The molecule has 1 saturated heterocycles. The number of aromatic nitrogens is 2. The molecule has 0 bridgehead atoms. The second kappa shape index (κ2) is 9.67. The van der Waals surface area contributed by atoms with Gasteiger partial charge in [-0.25, -0.2) is 13.4 Å². The van der Waals surface area contributed by atoms with E-state index < -0.39 is 10.0 Å². The Balaban J connectivity index is 1.42. The lowest BCUT2D eigenvalue weighted by molar-refractivity contribution is -0.113. The number of sulfonamides is 1. The Hall–Kier alpha value is -2.31. The molecule has 32 heavy (non-hydrogen) atoms. The number of fused-ring (bicyclic) bond motifs is 1. The number of amides is 1. The third-order valence-electron chi connectivity index (χ3n) is 4.81. The quantitative estimate of drug-likeness (QED) is 0.483. The molecule has 0 radical (unpaired) electrons. The molecule has 0 spiro atoms. The van der Waals surface area contributed by atoms with Gasteiger partial charge < -0.3 is 19.8 Å². The molecule has 0 saturated carbocycles. The van der Waals surface area contributed by atoms with Crippen molar-refractivity contribution in [1.82, 2.24) is 14.3 Å². The summed E-state index contributed by atoms with van der Waals surface area (Å²) in [7, 11) is -2.20. The smallest absolute Gasteiger partial charge is 0.244 e. The zero-order valence-corrected chi connectivity index (χ0v) is 19.5. The second-order valence-corrected chi connectivity index (χ2v) is 10.2. The summed E-state index contributed by atoms with van der Waals surface area (Å²) >= 11 is 7.40. The number of rotatable bonds is 7. The number of nitrogens with one attached hydrogen (secondary N) is 2. The van der Waals surface area contributed by atoms with Crippen molar-refractivity contribution < 1.29 is 22.7 Å². The van der Waals surface area contributed by atoms with Crippen LogP contribution < -0.4 is 10.1 Å². The van der Waals surface area contributed by atoms with E-state index in [1.807, 2.05) is 18.2 Å². The molecule has 1 aliphatic heterocycles.